The quantitative estimate of drug-likeness (QED) is 0.593. The lowest BCUT2D eigenvalue weighted by Gasteiger charge is -2.15. The predicted molar refractivity (Wildman–Crippen MR) is 116 cm³/mol. The number of carboxylic acids is 1. The molecule has 2 N–H and O–H groups in total. The van der Waals surface area contributed by atoms with E-state index in [1.54, 1.807) is 42.6 Å². The van der Waals surface area contributed by atoms with Gasteiger partial charge in [-0.15, -0.1) is 16.4 Å². The molecular weight excluding hydrogens is 406 g/mol. The third-order valence-electron chi connectivity index (χ3n) is 4.41. The summed E-state index contributed by atoms with van der Waals surface area (Å²) in [5.74, 6) is -1.30. The maximum atomic E-state index is 12.0. The molecule has 0 saturated carbocycles. The van der Waals surface area contributed by atoms with Crippen LogP contribution in [-0.4, -0.2) is 32.7 Å². The summed E-state index contributed by atoms with van der Waals surface area (Å²) in [4.78, 5) is 12.4. The molecule has 8 heteroatoms. The highest BCUT2D eigenvalue weighted by atomic mass is 32.1. The molecule has 4 rings (SSSR count). The van der Waals surface area contributed by atoms with Gasteiger partial charge in [-0.25, -0.2) is 4.79 Å². The molecule has 1 aliphatic rings. The van der Waals surface area contributed by atoms with Crippen molar-refractivity contribution in [3.8, 4) is 5.88 Å². The van der Waals surface area contributed by atoms with Crippen molar-refractivity contribution in [2.24, 2.45) is 10.2 Å². The summed E-state index contributed by atoms with van der Waals surface area (Å²) in [6.45, 7) is 0. The second-order valence-electron chi connectivity index (χ2n) is 6.24. The fraction of sp³-hybridized carbons (Fsp3) is 0.0476. The fourth-order valence-corrected chi connectivity index (χ4v) is 4.40. The van der Waals surface area contributed by atoms with Gasteiger partial charge in [0.25, 0.3) is 0 Å². The first kappa shape index (κ1) is 19.0. The van der Waals surface area contributed by atoms with E-state index in [4.69, 9.17) is 12.2 Å². The lowest BCUT2D eigenvalue weighted by molar-refractivity contribution is -0.139. The Bertz CT molecular complexity index is 1210. The zero-order valence-corrected chi connectivity index (χ0v) is 16.6. The average molecular weight is 422 g/mol. The van der Waals surface area contributed by atoms with Crippen molar-refractivity contribution in [3.63, 3.8) is 0 Å². The van der Waals surface area contributed by atoms with Crippen molar-refractivity contribution in [2.45, 2.75) is 6.04 Å². The maximum absolute atomic E-state index is 12.0. The van der Waals surface area contributed by atoms with Crippen LogP contribution in [0.4, 0.5) is 0 Å². The Labute approximate surface area is 175 Å². The largest absolute Gasteiger partial charge is 0.493 e. The van der Waals surface area contributed by atoms with Crippen LogP contribution in [-0.2, 0) is 4.79 Å². The zero-order chi connectivity index (χ0) is 20.4. The van der Waals surface area contributed by atoms with Crippen LogP contribution in [0.15, 0.2) is 76.4 Å². The summed E-state index contributed by atoms with van der Waals surface area (Å²) in [5, 5.41) is 28.8. The van der Waals surface area contributed by atoms with E-state index in [-0.39, 0.29) is 9.83 Å². The van der Waals surface area contributed by atoms with E-state index in [0.717, 1.165) is 16.9 Å². The van der Waals surface area contributed by atoms with Crippen molar-refractivity contribution in [1.82, 2.24) is 4.57 Å². The number of aromatic hydroxyl groups is 1. The Kier molecular flexibility index (Phi) is 5.20. The highest BCUT2D eigenvalue weighted by Gasteiger charge is 2.27. The fourth-order valence-electron chi connectivity index (χ4n) is 3.09. The van der Waals surface area contributed by atoms with E-state index in [2.05, 4.69) is 10.2 Å². The number of carboxylic acid groups (broad SMARTS) is 1. The molecular formula is C21H15N3O3S2. The van der Waals surface area contributed by atoms with Gasteiger partial charge in [0.1, 0.15) is 5.71 Å². The molecule has 0 amide bonds. The highest BCUT2D eigenvalue weighted by Crippen LogP contribution is 2.34. The number of thiazole rings is 1. The first-order valence-corrected chi connectivity index (χ1v) is 9.89. The van der Waals surface area contributed by atoms with Crippen LogP contribution in [0.3, 0.4) is 0 Å². The van der Waals surface area contributed by atoms with Gasteiger partial charge in [0.2, 0.25) is 5.88 Å². The second kappa shape index (κ2) is 7.94. The molecule has 1 aromatic heterocycles. The monoisotopic (exact) mass is 421 g/mol. The number of carbonyl (C=O) groups is 1. The Morgan fingerprint density at radius 2 is 1.76 bits per heavy atom. The highest BCUT2D eigenvalue weighted by molar-refractivity contribution is 7.73. The van der Waals surface area contributed by atoms with E-state index in [1.165, 1.54) is 4.57 Å². The molecule has 144 valence electrons. The number of nitrogens with zero attached hydrogens (tertiary/aromatic N) is 3. The van der Waals surface area contributed by atoms with E-state index in [9.17, 15) is 15.0 Å². The van der Waals surface area contributed by atoms with Crippen LogP contribution < -0.4 is 0 Å². The molecule has 0 aliphatic carbocycles. The number of allylic oxidation sites excluding steroid dienone is 1. The molecule has 1 atom stereocenters. The molecule has 0 spiro atoms. The Morgan fingerprint density at radius 1 is 1.10 bits per heavy atom. The van der Waals surface area contributed by atoms with Gasteiger partial charge in [0.05, 0.1) is 11.1 Å². The summed E-state index contributed by atoms with van der Waals surface area (Å²) in [6, 6.07) is 17.1. The van der Waals surface area contributed by atoms with Crippen molar-refractivity contribution in [3.05, 3.63) is 86.2 Å². The van der Waals surface area contributed by atoms with Gasteiger partial charge in [-0.05, 0) is 23.9 Å². The Morgan fingerprint density at radius 3 is 2.41 bits per heavy atom. The van der Waals surface area contributed by atoms with Crippen molar-refractivity contribution < 1.29 is 15.0 Å². The van der Waals surface area contributed by atoms with Gasteiger partial charge < -0.3 is 10.2 Å². The van der Waals surface area contributed by atoms with E-state index in [0.29, 0.717) is 21.7 Å². The number of aromatic nitrogens is 1. The minimum atomic E-state index is -1.12. The first-order valence-electron chi connectivity index (χ1n) is 8.67. The third-order valence-corrected chi connectivity index (χ3v) is 5.75. The van der Waals surface area contributed by atoms with Gasteiger partial charge in [-0.3, -0.25) is 4.57 Å². The van der Waals surface area contributed by atoms with E-state index < -0.39 is 12.0 Å². The molecule has 3 aromatic rings. The predicted octanol–water partition coefficient (Wildman–Crippen LogP) is 4.53. The summed E-state index contributed by atoms with van der Waals surface area (Å²) in [6.07, 6.45) is 3.32. The molecule has 6 nitrogen and oxygen atoms in total. The first-order chi connectivity index (χ1) is 14.1. The number of hydrogen-bond donors (Lipinski definition) is 2. The zero-order valence-electron chi connectivity index (χ0n) is 15.0. The van der Waals surface area contributed by atoms with Crippen LogP contribution in [0, 0.1) is 3.95 Å². The molecule has 0 bridgehead atoms. The van der Waals surface area contributed by atoms with E-state index >= 15 is 0 Å². The number of rotatable bonds is 5. The van der Waals surface area contributed by atoms with Gasteiger partial charge in [0.15, 0.2) is 10.00 Å². The van der Waals surface area contributed by atoms with Gasteiger partial charge in [-0.1, -0.05) is 60.7 Å². The number of aliphatic carboxylic acids is 1. The number of benzene rings is 2. The van der Waals surface area contributed by atoms with Gasteiger partial charge in [-0.2, -0.15) is 5.10 Å². The lowest BCUT2D eigenvalue weighted by Crippen LogP contribution is -2.20. The van der Waals surface area contributed by atoms with Crippen molar-refractivity contribution >= 4 is 47.5 Å². The molecule has 0 saturated heterocycles. The summed E-state index contributed by atoms with van der Waals surface area (Å²) >= 11 is 6.52. The molecule has 0 radical (unpaired) electrons. The maximum Gasteiger partial charge on any atom is 0.331 e. The molecule has 1 aliphatic heterocycles. The molecule has 2 heterocycles. The average Bonchev–Trinajstić information content (AvgIpc) is 3.29. The summed E-state index contributed by atoms with van der Waals surface area (Å²) < 4.78 is 1.52. The van der Waals surface area contributed by atoms with E-state index in [1.807, 2.05) is 30.3 Å². The smallest absolute Gasteiger partial charge is 0.331 e. The summed E-state index contributed by atoms with van der Waals surface area (Å²) in [5.41, 5.74) is 2.80. The van der Waals surface area contributed by atoms with Crippen LogP contribution in [0.1, 0.15) is 22.0 Å². The normalized spacial score (nSPS) is 15.4. The van der Waals surface area contributed by atoms with Crippen molar-refractivity contribution in [2.75, 3.05) is 0 Å². The summed E-state index contributed by atoms with van der Waals surface area (Å²) in [7, 11) is 0. The molecule has 0 fully saturated rings. The SMILES string of the molecule is O=C(O)[C@@H](c1ccccc1)n1c(O)c(C=C2C=NN=C2c2ccccc2)sc1=S. The Balaban J connectivity index is 1.77. The van der Waals surface area contributed by atoms with Gasteiger partial charge in [0, 0.05) is 11.1 Å². The molecule has 0 unspecified atom stereocenters. The van der Waals surface area contributed by atoms with Crippen molar-refractivity contribution in [1.29, 1.82) is 0 Å². The second-order valence-corrected chi connectivity index (χ2v) is 7.91. The lowest BCUT2D eigenvalue weighted by atomic mass is 10.0. The minimum Gasteiger partial charge on any atom is -0.493 e. The topological polar surface area (TPSA) is 87.2 Å². The van der Waals surface area contributed by atoms with Crippen LogP contribution in [0.5, 0.6) is 5.88 Å². The molecule has 29 heavy (non-hydrogen) atoms. The van der Waals surface area contributed by atoms with Gasteiger partial charge >= 0.3 is 5.97 Å². The third kappa shape index (κ3) is 3.67. The van der Waals surface area contributed by atoms with Crippen LogP contribution in [0.2, 0.25) is 0 Å². The van der Waals surface area contributed by atoms with Crippen LogP contribution in [0.25, 0.3) is 6.08 Å². The number of hydrogen-bond acceptors (Lipinski definition) is 6. The minimum absolute atomic E-state index is 0.198. The van der Waals surface area contributed by atoms with Crippen LogP contribution >= 0.6 is 23.6 Å². The Hall–Kier alpha value is -3.36. The standard InChI is InChI=1S/C21H15N3O3S2/c25-19-16(11-15-12-22-23-17(15)13-7-3-1-4-8-13)29-21(28)24(19)18(20(26)27)14-9-5-2-6-10-14/h1-12,18,25H,(H,26,27)/t18-/m1/s1. The molecule has 2 aromatic carbocycles.